The fourth-order valence-corrected chi connectivity index (χ4v) is 2.24. The van der Waals surface area contributed by atoms with Crippen LogP contribution in [0.3, 0.4) is 0 Å². The summed E-state index contributed by atoms with van der Waals surface area (Å²) in [6.07, 6.45) is -0.663. The lowest BCUT2D eigenvalue weighted by Gasteiger charge is -2.15. The van der Waals surface area contributed by atoms with Crippen molar-refractivity contribution in [2.24, 2.45) is 0 Å². The average molecular weight is 247 g/mol. The van der Waals surface area contributed by atoms with Crippen molar-refractivity contribution in [2.75, 3.05) is 0 Å². The predicted molar refractivity (Wildman–Crippen MR) is 71.4 cm³/mol. The molecule has 2 heteroatoms. The van der Waals surface area contributed by atoms with Crippen molar-refractivity contribution in [1.82, 2.24) is 0 Å². The second-order valence-electron chi connectivity index (χ2n) is 4.28. The molecule has 2 aromatic rings. The van der Waals surface area contributed by atoms with E-state index in [4.69, 9.17) is 11.6 Å². The Kier molecular flexibility index (Phi) is 3.51. The highest BCUT2D eigenvalue weighted by Gasteiger charge is 2.15. The summed E-state index contributed by atoms with van der Waals surface area (Å²) in [5.74, 6) is 0. The number of rotatable bonds is 2. The number of halogens is 1. The second-order valence-corrected chi connectivity index (χ2v) is 4.69. The molecule has 2 aromatic carbocycles. The summed E-state index contributed by atoms with van der Waals surface area (Å²) in [5.41, 5.74) is 3.93. The van der Waals surface area contributed by atoms with Gasteiger partial charge in [-0.1, -0.05) is 53.6 Å². The molecule has 1 atom stereocenters. The third-order valence-electron chi connectivity index (χ3n) is 2.92. The van der Waals surface area contributed by atoms with E-state index in [0.717, 1.165) is 16.7 Å². The number of aryl methyl sites for hydroxylation is 2. The third kappa shape index (κ3) is 2.51. The molecule has 0 aliphatic heterocycles. The van der Waals surface area contributed by atoms with Crippen LogP contribution in [0.1, 0.15) is 28.4 Å². The zero-order valence-corrected chi connectivity index (χ0v) is 10.7. The normalized spacial score (nSPS) is 12.5. The van der Waals surface area contributed by atoms with E-state index in [0.29, 0.717) is 5.02 Å². The minimum absolute atomic E-state index is 0.597. The Bertz CT molecular complexity index is 534. The molecule has 2 rings (SSSR count). The first-order valence-electron chi connectivity index (χ1n) is 5.59. The molecule has 0 spiro atoms. The highest BCUT2D eigenvalue weighted by Crippen LogP contribution is 2.29. The van der Waals surface area contributed by atoms with Crippen LogP contribution in [0, 0.1) is 13.8 Å². The van der Waals surface area contributed by atoms with Gasteiger partial charge in [0.25, 0.3) is 0 Å². The number of benzene rings is 2. The van der Waals surface area contributed by atoms with Crippen LogP contribution in [-0.2, 0) is 0 Å². The van der Waals surface area contributed by atoms with Crippen molar-refractivity contribution in [3.63, 3.8) is 0 Å². The van der Waals surface area contributed by atoms with Crippen LogP contribution in [-0.4, -0.2) is 5.11 Å². The Balaban J connectivity index is 2.44. The standard InChI is InChI=1S/C15H15ClO/c1-10-7-8-12(11(2)9-10)15(17)13-5-3-4-6-14(13)16/h3-9,15,17H,1-2H3/t15-/m1/s1. The average Bonchev–Trinajstić information content (AvgIpc) is 2.29. The Hall–Kier alpha value is -1.31. The lowest BCUT2D eigenvalue weighted by molar-refractivity contribution is 0.219. The van der Waals surface area contributed by atoms with Crippen molar-refractivity contribution in [1.29, 1.82) is 0 Å². The van der Waals surface area contributed by atoms with Gasteiger partial charge in [0, 0.05) is 10.6 Å². The molecule has 0 unspecified atom stereocenters. The number of hydrogen-bond acceptors (Lipinski definition) is 1. The quantitative estimate of drug-likeness (QED) is 0.848. The maximum absolute atomic E-state index is 10.4. The number of aliphatic hydroxyl groups is 1. The van der Waals surface area contributed by atoms with Gasteiger partial charge < -0.3 is 5.11 Å². The fourth-order valence-electron chi connectivity index (χ4n) is 2.00. The van der Waals surface area contributed by atoms with Gasteiger partial charge in [0.15, 0.2) is 0 Å². The molecule has 17 heavy (non-hydrogen) atoms. The van der Waals surface area contributed by atoms with Crippen LogP contribution >= 0.6 is 11.6 Å². The fraction of sp³-hybridized carbons (Fsp3) is 0.200. The molecule has 1 N–H and O–H groups in total. The molecule has 0 bridgehead atoms. The molecule has 0 saturated carbocycles. The molecule has 0 heterocycles. The van der Waals surface area contributed by atoms with Gasteiger partial charge >= 0.3 is 0 Å². The molecule has 0 aliphatic carbocycles. The minimum atomic E-state index is -0.663. The van der Waals surface area contributed by atoms with Gasteiger partial charge in [0.05, 0.1) is 0 Å². The van der Waals surface area contributed by atoms with Gasteiger partial charge in [-0.25, -0.2) is 0 Å². The third-order valence-corrected chi connectivity index (χ3v) is 3.26. The van der Waals surface area contributed by atoms with E-state index in [9.17, 15) is 5.11 Å². The monoisotopic (exact) mass is 246 g/mol. The first-order valence-corrected chi connectivity index (χ1v) is 5.97. The summed E-state index contributed by atoms with van der Waals surface area (Å²) in [4.78, 5) is 0. The zero-order chi connectivity index (χ0) is 12.4. The molecule has 0 fully saturated rings. The highest BCUT2D eigenvalue weighted by molar-refractivity contribution is 6.31. The van der Waals surface area contributed by atoms with Gasteiger partial charge in [0.2, 0.25) is 0 Å². The molecule has 0 aromatic heterocycles. The van der Waals surface area contributed by atoms with Gasteiger partial charge in [0.1, 0.15) is 6.10 Å². The zero-order valence-electron chi connectivity index (χ0n) is 9.94. The van der Waals surface area contributed by atoms with Crippen LogP contribution < -0.4 is 0 Å². The molecule has 1 nitrogen and oxygen atoms in total. The first-order chi connectivity index (χ1) is 8.09. The summed E-state index contributed by atoms with van der Waals surface area (Å²) < 4.78 is 0. The summed E-state index contributed by atoms with van der Waals surface area (Å²) in [7, 11) is 0. The molecule has 0 radical (unpaired) electrons. The summed E-state index contributed by atoms with van der Waals surface area (Å²) in [6, 6.07) is 13.4. The van der Waals surface area contributed by atoms with Crippen LogP contribution in [0.15, 0.2) is 42.5 Å². The molecule has 0 saturated heterocycles. The Morgan fingerprint density at radius 3 is 2.35 bits per heavy atom. The molecular formula is C15H15ClO. The van der Waals surface area contributed by atoms with E-state index < -0.39 is 6.10 Å². The Morgan fingerprint density at radius 1 is 1.00 bits per heavy atom. The maximum Gasteiger partial charge on any atom is 0.106 e. The smallest absolute Gasteiger partial charge is 0.106 e. The predicted octanol–water partition coefficient (Wildman–Crippen LogP) is 4.04. The van der Waals surface area contributed by atoms with Crippen LogP contribution in [0.4, 0.5) is 0 Å². The van der Waals surface area contributed by atoms with E-state index in [-0.39, 0.29) is 0 Å². The Labute approximate surface area is 107 Å². The summed E-state index contributed by atoms with van der Waals surface area (Å²) in [5, 5.41) is 11.0. The molecular weight excluding hydrogens is 232 g/mol. The van der Waals surface area contributed by atoms with Gasteiger partial charge in [-0.05, 0) is 31.0 Å². The van der Waals surface area contributed by atoms with Crippen molar-refractivity contribution in [3.8, 4) is 0 Å². The highest BCUT2D eigenvalue weighted by atomic mass is 35.5. The van der Waals surface area contributed by atoms with Gasteiger partial charge in [-0.2, -0.15) is 0 Å². The van der Waals surface area contributed by atoms with Gasteiger partial charge in [-0.15, -0.1) is 0 Å². The largest absolute Gasteiger partial charge is 0.384 e. The number of aliphatic hydroxyl groups excluding tert-OH is 1. The molecule has 0 aliphatic rings. The van der Waals surface area contributed by atoms with E-state index in [2.05, 4.69) is 6.07 Å². The molecule has 88 valence electrons. The van der Waals surface area contributed by atoms with Crippen molar-refractivity contribution < 1.29 is 5.11 Å². The molecule has 0 amide bonds. The number of hydrogen-bond donors (Lipinski definition) is 1. The maximum atomic E-state index is 10.4. The lowest BCUT2D eigenvalue weighted by atomic mass is 9.96. The second kappa shape index (κ2) is 4.91. The first kappa shape index (κ1) is 12.2. The van der Waals surface area contributed by atoms with Crippen molar-refractivity contribution in [3.05, 3.63) is 69.7 Å². The van der Waals surface area contributed by atoms with E-state index in [1.165, 1.54) is 5.56 Å². The van der Waals surface area contributed by atoms with Crippen LogP contribution in [0.25, 0.3) is 0 Å². The van der Waals surface area contributed by atoms with E-state index in [1.807, 2.05) is 44.2 Å². The topological polar surface area (TPSA) is 20.2 Å². The van der Waals surface area contributed by atoms with Crippen LogP contribution in [0.2, 0.25) is 5.02 Å². The minimum Gasteiger partial charge on any atom is -0.384 e. The lowest BCUT2D eigenvalue weighted by Crippen LogP contribution is -2.02. The van der Waals surface area contributed by atoms with Gasteiger partial charge in [-0.3, -0.25) is 0 Å². The SMILES string of the molecule is Cc1ccc([C@@H](O)c2ccccc2Cl)c(C)c1. The van der Waals surface area contributed by atoms with Crippen molar-refractivity contribution in [2.45, 2.75) is 20.0 Å². The summed E-state index contributed by atoms with van der Waals surface area (Å²) >= 11 is 6.09. The summed E-state index contributed by atoms with van der Waals surface area (Å²) in [6.45, 7) is 4.04. The van der Waals surface area contributed by atoms with E-state index >= 15 is 0 Å². The van der Waals surface area contributed by atoms with Crippen LogP contribution in [0.5, 0.6) is 0 Å². The Morgan fingerprint density at radius 2 is 1.71 bits per heavy atom. The van der Waals surface area contributed by atoms with Crippen molar-refractivity contribution >= 4 is 11.6 Å². The van der Waals surface area contributed by atoms with E-state index in [1.54, 1.807) is 6.07 Å².